The fourth-order valence-corrected chi connectivity index (χ4v) is 3.89. The fraction of sp³-hybridized carbons (Fsp3) is 0.812. The molecule has 1 heterocycles. The van der Waals surface area contributed by atoms with Crippen molar-refractivity contribution in [3.8, 4) is 0 Å². The van der Waals surface area contributed by atoms with Gasteiger partial charge in [0.15, 0.2) is 0 Å². The predicted octanol–water partition coefficient (Wildman–Crippen LogP) is 3.42. The second-order valence-electron chi connectivity index (χ2n) is 6.44. The SMILES string of the molecule is COCCn1ncc(Br)c1C1CCCC1CNCC(C)C. The van der Waals surface area contributed by atoms with Crippen LogP contribution in [0.15, 0.2) is 10.7 Å². The molecule has 4 nitrogen and oxygen atoms in total. The zero-order valence-electron chi connectivity index (χ0n) is 13.4. The van der Waals surface area contributed by atoms with Gasteiger partial charge in [0.2, 0.25) is 0 Å². The van der Waals surface area contributed by atoms with Crippen molar-refractivity contribution in [3.63, 3.8) is 0 Å². The molecule has 1 aliphatic carbocycles. The average molecular weight is 358 g/mol. The van der Waals surface area contributed by atoms with E-state index >= 15 is 0 Å². The first-order valence-electron chi connectivity index (χ1n) is 8.04. The molecule has 1 aliphatic rings. The molecule has 0 aliphatic heterocycles. The second kappa shape index (κ2) is 8.30. The highest BCUT2D eigenvalue weighted by atomic mass is 79.9. The van der Waals surface area contributed by atoms with Gasteiger partial charge in [-0.25, -0.2) is 0 Å². The zero-order chi connectivity index (χ0) is 15.2. The van der Waals surface area contributed by atoms with E-state index in [1.165, 1.54) is 25.0 Å². The van der Waals surface area contributed by atoms with E-state index < -0.39 is 0 Å². The lowest BCUT2D eigenvalue weighted by molar-refractivity contribution is 0.181. The summed E-state index contributed by atoms with van der Waals surface area (Å²) < 4.78 is 8.48. The van der Waals surface area contributed by atoms with Gasteiger partial charge in [-0.05, 0) is 53.7 Å². The lowest BCUT2D eigenvalue weighted by Gasteiger charge is -2.22. The second-order valence-corrected chi connectivity index (χ2v) is 7.30. The normalized spacial score (nSPS) is 22.3. The fourth-order valence-electron chi connectivity index (χ4n) is 3.30. The summed E-state index contributed by atoms with van der Waals surface area (Å²) in [5.41, 5.74) is 1.36. The van der Waals surface area contributed by atoms with E-state index in [2.05, 4.69) is 44.9 Å². The van der Waals surface area contributed by atoms with Crippen LogP contribution in [0.4, 0.5) is 0 Å². The minimum Gasteiger partial charge on any atom is -0.383 e. The Hall–Kier alpha value is -0.390. The van der Waals surface area contributed by atoms with E-state index in [-0.39, 0.29) is 0 Å². The molecule has 1 saturated carbocycles. The van der Waals surface area contributed by atoms with Crippen molar-refractivity contribution in [1.82, 2.24) is 15.1 Å². The molecule has 0 radical (unpaired) electrons. The molecule has 0 aromatic carbocycles. The molecular weight excluding hydrogens is 330 g/mol. The van der Waals surface area contributed by atoms with E-state index in [1.807, 2.05) is 6.20 Å². The van der Waals surface area contributed by atoms with Crippen molar-refractivity contribution in [1.29, 1.82) is 0 Å². The van der Waals surface area contributed by atoms with Crippen LogP contribution in [0, 0.1) is 11.8 Å². The number of ether oxygens (including phenoxy) is 1. The maximum Gasteiger partial charge on any atom is 0.0658 e. The maximum atomic E-state index is 5.20. The van der Waals surface area contributed by atoms with E-state index in [0.29, 0.717) is 18.4 Å². The molecule has 2 unspecified atom stereocenters. The van der Waals surface area contributed by atoms with Crippen molar-refractivity contribution in [2.45, 2.75) is 45.6 Å². The first-order chi connectivity index (χ1) is 10.1. The van der Waals surface area contributed by atoms with Gasteiger partial charge < -0.3 is 10.1 Å². The van der Waals surface area contributed by atoms with Crippen LogP contribution in [0.3, 0.4) is 0 Å². The quantitative estimate of drug-likeness (QED) is 0.774. The first kappa shape index (κ1) is 17.0. The third kappa shape index (κ3) is 4.54. The number of rotatable bonds is 8. The summed E-state index contributed by atoms with van der Waals surface area (Å²) in [4.78, 5) is 0. The van der Waals surface area contributed by atoms with Crippen LogP contribution < -0.4 is 5.32 Å². The van der Waals surface area contributed by atoms with Gasteiger partial charge in [-0.2, -0.15) is 5.10 Å². The van der Waals surface area contributed by atoms with Crippen molar-refractivity contribution < 1.29 is 4.74 Å². The third-order valence-electron chi connectivity index (χ3n) is 4.31. The van der Waals surface area contributed by atoms with Gasteiger partial charge in [0.25, 0.3) is 0 Å². The Kier molecular flexibility index (Phi) is 6.71. The maximum absolute atomic E-state index is 5.20. The Morgan fingerprint density at radius 3 is 3.00 bits per heavy atom. The largest absolute Gasteiger partial charge is 0.383 e. The monoisotopic (exact) mass is 357 g/mol. The van der Waals surface area contributed by atoms with Gasteiger partial charge in [0.1, 0.15) is 0 Å². The minimum absolute atomic E-state index is 0.610. The lowest BCUT2D eigenvalue weighted by Crippen LogP contribution is -2.28. The molecule has 0 amide bonds. The number of nitrogens with one attached hydrogen (secondary N) is 1. The zero-order valence-corrected chi connectivity index (χ0v) is 15.0. The Morgan fingerprint density at radius 1 is 1.48 bits per heavy atom. The van der Waals surface area contributed by atoms with Gasteiger partial charge in [0, 0.05) is 13.0 Å². The molecule has 120 valence electrons. The number of nitrogens with zero attached hydrogens (tertiary/aromatic N) is 2. The highest BCUT2D eigenvalue weighted by molar-refractivity contribution is 9.10. The summed E-state index contributed by atoms with van der Waals surface area (Å²) in [7, 11) is 1.74. The Morgan fingerprint density at radius 2 is 2.29 bits per heavy atom. The number of methoxy groups -OCH3 is 1. The summed E-state index contributed by atoms with van der Waals surface area (Å²) in [5, 5.41) is 8.14. The molecule has 1 aromatic heterocycles. The van der Waals surface area contributed by atoms with Crippen LogP contribution >= 0.6 is 15.9 Å². The molecular formula is C16H28BrN3O. The van der Waals surface area contributed by atoms with Gasteiger partial charge in [-0.1, -0.05) is 20.3 Å². The molecule has 21 heavy (non-hydrogen) atoms. The van der Waals surface area contributed by atoms with Crippen molar-refractivity contribution >= 4 is 15.9 Å². The molecule has 1 N–H and O–H groups in total. The number of aromatic nitrogens is 2. The standard InChI is InChI=1S/C16H28BrN3O/c1-12(2)9-18-10-13-5-4-6-14(13)16-15(17)11-19-20(16)7-8-21-3/h11-14,18H,4-10H2,1-3H3. The van der Waals surface area contributed by atoms with Gasteiger partial charge in [-0.15, -0.1) is 0 Å². The lowest BCUT2D eigenvalue weighted by atomic mass is 9.92. The van der Waals surface area contributed by atoms with Crippen LogP contribution in [0.5, 0.6) is 0 Å². The number of hydrogen-bond donors (Lipinski definition) is 1. The Labute approximate surface area is 136 Å². The van der Waals surface area contributed by atoms with Crippen molar-refractivity contribution in [2.24, 2.45) is 11.8 Å². The molecule has 0 saturated heterocycles. The molecule has 2 atom stereocenters. The summed E-state index contributed by atoms with van der Waals surface area (Å²) in [6, 6.07) is 0. The average Bonchev–Trinajstić information content (AvgIpc) is 3.02. The van der Waals surface area contributed by atoms with Crippen molar-refractivity contribution in [3.05, 3.63) is 16.4 Å². The van der Waals surface area contributed by atoms with Gasteiger partial charge >= 0.3 is 0 Å². The van der Waals surface area contributed by atoms with E-state index in [9.17, 15) is 0 Å². The molecule has 1 fully saturated rings. The number of halogens is 1. The van der Waals surface area contributed by atoms with E-state index in [1.54, 1.807) is 7.11 Å². The van der Waals surface area contributed by atoms with E-state index in [4.69, 9.17) is 4.74 Å². The van der Waals surface area contributed by atoms with Crippen molar-refractivity contribution in [2.75, 3.05) is 26.8 Å². The molecule has 0 spiro atoms. The summed E-state index contributed by atoms with van der Waals surface area (Å²) in [5.74, 6) is 2.04. The summed E-state index contributed by atoms with van der Waals surface area (Å²) in [6.07, 6.45) is 5.84. The van der Waals surface area contributed by atoms with Crippen LogP contribution in [-0.2, 0) is 11.3 Å². The van der Waals surface area contributed by atoms with Gasteiger partial charge in [0.05, 0.1) is 29.5 Å². The van der Waals surface area contributed by atoms with E-state index in [0.717, 1.165) is 30.0 Å². The van der Waals surface area contributed by atoms with Crippen LogP contribution in [0.25, 0.3) is 0 Å². The van der Waals surface area contributed by atoms with Crippen LogP contribution in [-0.4, -0.2) is 36.6 Å². The smallest absolute Gasteiger partial charge is 0.0658 e. The topological polar surface area (TPSA) is 39.1 Å². The molecule has 0 bridgehead atoms. The highest BCUT2D eigenvalue weighted by Gasteiger charge is 2.32. The van der Waals surface area contributed by atoms with Gasteiger partial charge in [-0.3, -0.25) is 4.68 Å². The highest BCUT2D eigenvalue weighted by Crippen LogP contribution is 2.41. The Bertz CT molecular complexity index is 433. The predicted molar refractivity (Wildman–Crippen MR) is 89.6 cm³/mol. The third-order valence-corrected chi connectivity index (χ3v) is 4.92. The Balaban J connectivity index is 2.03. The summed E-state index contributed by atoms with van der Waals surface area (Å²) >= 11 is 3.69. The number of hydrogen-bond acceptors (Lipinski definition) is 3. The first-order valence-corrected chi connectivity index (χ1v) is 8.83. The summed E-state index contributed by atoms with van der Waals surface area (Å²) in [6.45, 7) is 8.29. The molecule has 5 heteroatoms. The molecule has 2 rings (SSSR count). The van der Waals surface area contributed by atoms with Crippen LogP contribution in [0.2, 0.25) is 0 Å². The van der Waals surface area contributed by atoms with Crippen LogP contribution in [0.1, 0.15) is 44.7 Å². The minimum atomic E-state index is 0.610. The molecule has 1 aromatic rings.